The topological polar surface area (TPSA) is 12.0 Å². The summed E-state index contributed by atoms with van der Waals surface area (Å²) in [6.45, 7) is 1.15. The van der Waals surface area contributed by atoms with Crippen LogP contribution in [0, 0.1) is 0 Å². The van der Waals surface area contributed by atoms with Gasteiger partial charge in [0, 0.05) is 10.9 Å². The van der Waals surface area contributed by atoms with Gasteiger partial charge >= 0.3 is 0 Å². The Labute approximate surface area is 75.4 Å². The molecule has 1 saturated heterocycles. The van der Waals surface area contributed by atoms with Crippen molar-refractivity contribution in [2.24, 2.45) is 0 Å². The minimum absolute atomic E-state index is 0.576. The van der Waals surface area contributed by atoms with Crippen LogP contribution in [-0.4, -0.2) is 6.54 Å². The van der Waals surface area contributed by atoms with E-state index in [1.807, 2.05) is 6.07 Å². The summed E-state index contributed by atoms with van der Waals surface area (Å²) in [5.41, 5.74) is 0. The Kier molecular flexibility index (Phi) is 2.16. The Balaban J connectivity index is 2.15. The molecule has 0 aliphatic carbocycles. The molecule has 0 amide bonds. The Morgan fingerprint density at radius 1 is 1.55 bits per heavy atom. The zero-order valence-electron chi connectivity index (χ0n) is 6.14. The number of hydrogen-bond donors (Lipinski definition) is 1. The summed E-state index contributed by atoms with van der Waals surface area (Å²) in [4.78, 5) is 1.38. The molecule has 2 heterocycles. The summed E-state index contributed by atoms with van der Waals surface area (Å²) in [5, 5.41) is 3.44. The van der Waals surface area contributed by atoms with Gasteiger partial charge in [-0.2, -0.15) is 0 Å². The van der Waals surface area contributed by atoms with E-state index in [0.717, 1.165) is 10.9 Å². The molecule has 11 heavy (non-hydrogen) atoms. The van der Waals surface area contributed by atoms with Crippen molar-refractivity contribution in [3.63, 3.8) is 0 Å². The van der Waals surface area contributed by atoms with E-state index in [-0.39, 0.29) is 0 Å². The zero-order chi connectivity index (χ0) is 7.68. The predicted molar refractivity (Wildman–Crippen MR) is 49.3 cm³/mol. The molecule has 1 aromatic heterocycles. The van der Waals surface area contributed by atoms with Crippen LogP contribution < -0.4 is 5.32 Å². The number of hydrogen-bond acceptors (Lipinski definition) is 2. The Morgan fingerprint density at radius 2 is 2.45 bits per heavy atom. The first kappa shape index (κ1) is 7.59. The molecule has 0 unspecified atom stereocenters. The molecule has 2 rings (SSSR count). The first-order valence-electron chi connectivity index (χ1n) is 3.85. The van der Waals surface area contributed by atoms with Crippen LogP contribution in [0.4, 0.5) is 0 Å². The van der Waals surface area contributed by atoms with Crippen molar-refractivity contribution >= 4 is 22.9 Å². The zero-order valence-corrected chi connectivity index (χ0v) is 7.71. The van der Waals surface area contributed by atoms with E-state index in [4.69, 9.17) is 11.6 Å². The fourth-order valence-electron chi connectivity index (χ4n) is 1.44. The summed E-state index contributed by atoms with van der Waals surface area (Å²) in [5.74, 6) is 0. The summed E-state index contributed by atoms with van der Waals surface area (Å²) in [6.07, 6.45) is 2.55. The van der Waals surface area contributed by atoms with Crippen molar-refractivity contribution in [2.45, 2.75) is 18.9 Å². The van der Waals surface area contributed by atoms with E-state index >= 15 is 0 Å². The van der Waals surface area contributed by atoms with E-state index < -0.39 is 0 Å². The van der Waals surface area contributed by atoms with Gasteiger partial charge in [-0.05, 0) is 31.5 Å². The molecule has 0 saturated carbocycles. The van der Waals surface area contributed by atoms with Crippen molar-refractivity contribution in [1.82, 2.24) is 5.32 Å². The van der Waals surface area contributed by atoms with Crippen LogP contribution in [0.25, 0.3) is 0 Å². The number of halogens is 1. The van der Waals surface area contributed by atoms with Gasteiger partial charge < -0.3 is 5.32 Å². The molecule has 1 aromatic rings. The van der Waals surface area contributed by atoms with E-state index in [1.54, 1.807) is 11.3 Å². The molecule has 0 radical (unpaired) electrons. The largest absolute Gasteiger partial charge is 0.309 e. The second kappa shape index (κ2) is 3.13. The highest BCUT2D eigenvalue weighted by molar-refractivity contribution is 7.16. The van der Waals surface area contributed by atoms with Gasteiger partial charge in [0.25, 0.3) is 0 Å². The first-order chi connectivity index (χ1) is 5.36. The van der Waals surface area contributed by atoms with Crippen LogP contribution in [-0.2, 0) is 0 Å². The molecule has 1 aliphatic heterocycles. The van der Waals surface area contributed by atoms with Crippen LogP contribution in [0.15, 0.2) is 12.1 Å². The minimum Gasteiger partial charge on any atom is -0.309 e. The molecule has 60 valence electrons. The van der Waals surface area contributed by atoms with E-state index in [1.165, 1.54) is 17.7 Å². The van der Waals surface area contributed by atoms with Crippen molar-refractivity contribution < 1.29 is 0 Å². The molecule has 1 atom stereocenters. The fourth-order valence-corrected chi connectivity index (χ4v) is 2.61. The molecular weight excluding hydrogens is 178 g/mol. The van der Waals surface area contributed by atoms with Gasteiger partial charge in [0.05, 0.1) is 4.34 Å². The summed E-state index contributed by atoms with van der Waals surface area (Å²) in [7, 11) is 0. The molecule has 1 nitrogen and oxygen atoms in total. The first-order valence-corrected chi connectivity index (χ1v) is 5.04. The van der Waals surface area contributed by atoms with Crippen LogP contribution >= 0.6 is 22.9 Å². The van der Waals surface area contributed by atoms with E-state index in [9.17, 15) is 0 Å². The lowest BCUT2D eigenvalue weighted by molar-refractivity contribution is 0.660. The average molecular weight is 188 g/mol. The molecule has 1 N–H and O–H groups in total. The van der Waals surface area contributed by atoms with Gasteiger partial charge in [-0.25, -0.2) is 0 Å². The Hall–Kier alpha value is -0.0500. The van der Waals surface area contributed by atoms with Crippen molar-refractivity contribution in [2.75, 3.05) is 6.54 Å². The Bertz CT molecular complexity index is 240. The fraction of sp³-hybridized carbons (Fsp3) is 0.500. The number of thiophene rings is 1. The van der Waals surface area contributed by atoms with Gasteiger partial charge in [0.2, 0.25) is 0 Å². The third-order valence-corrected chi connectivity index (χ3v) is 3.34. The highest BCUT2D eigenvalue weighted by atomic mass is 35.5. The van der Waals surface area contributed by atoms with Crippen LogP contribution in [0.1, 0.15) is 23.8 Å². The minimum atomic E-state index is 0.576. The van der Waals surface area contributed by atoms with Crippen molar-refractivity contribution in [1.29, 1.82) is 0 Å². The summed E-state index contributed by atoms with van der Waals surface area (Å²) < 4.78 is 0.897. The molecule has 0 spiro atoms. The monoisotopic (exact) mass is 187 g/mol. The predicted octanol–water partition coefficient (Wildman–Crippen LogP) is 2.83. The van der Waals surface area contributed by atoms with Gasteiger partial charge in [-0.3, -0.25) is 0 Å². The molecule has 0 bridgehead atoms. The second-order valence-corrected chi connectivity index (χ2v) is 4.54. The standard InChI is InChI=1S/C8H10ClNS/c9-8-4-3-7(11-8)6-2-1-5-10-6/h3-4,6,10H,1-2,5H2/t6-/m1/s1. The van der Waals surface area contributed by atoms with Gasteiger partial charge in [0.15, 0.2) is 0 Å². The summed E-state index contributed by atoms with van der Waals surface area (Å²) >= 11 is 7.52. The third-order valence-electron chi connectivity index (χ3n) is 2.00. The quantitative estimate of drug-likeness (QED) is 0.713. The molecule has 1 aliphatic rings. The maximum atomic E-state index is 5.83. The van der Waals surface area contributed by atoms with Crippen LogP contribution in [0.5, 0.6) is 0 Å². The highest BCUT2D eigenvalue weighted by Crippen LogP contribution is 2.31. The SMILES string of the molecule is Clc1ccc([C@H]2CCCN2)s1. The smallest absolute Gasteiger partial charge is 0.0931 e. The van der Waals surface area contributed by atoms with Gasteiger partial charge in [-0.1, -0.05) is 11.6 Å². The third kappa shape index (κ3) is 1.58. The number of rotatable bonds is 1. The van der Waals surface area contributed by atoms with Crippen molar-refractivity contribution in [3.05, 3.63) is 21.3 Å². The molecular formula is C8H10ClNS. The maximum absolute atomic E-state index is 5.83. The summed E-state index contributed by atoms with van der Waals surface area (Å²) in [6, 6.07) is 4.67. The van der Waals surface area contributed by atoms with Gasteiger partial charge in [0.1, 0.15) is 0 Å². The lowest BCUT2D eigenvalue weighted by Gasteiger charge is -2.05. The average Bonchev–Trinajstić information content (AvgIpc) is 2.55. The molecule has 0 aromatic carbocycles. The normalized spacial score (nSPS) is 24.3. The van der Waals surface area contributed by atoms with Crippen LogP contribution in [0.2, 0.25) is 4.34 Å². The van der Waals surface area contributed by atoms with E-state index in [2.05, 4.69) is 11.4 Å². The molecule has 1 fully saturated rings. The van der Waals surface area contributed by atoms with Crippen molar-refractivity contribution in [3.8, 4) is 0 Å². The van der Waals surface area contributed by atoms with E-state index in [0.29, 0.717) is 6.04 Å². The lowest BCUT2D eigenvalue weighted by Crippen LogP contribution is -2.11. The second-order valence-electron chi connectivity index (χ2n) is 2.79. The number of nitrogens with one attached hydrogen (secondary N) is 1. The lowest BCUT2D eigenvalue weighted by atomic mass is 10.2. The van der Waals surface area contributed by atoms with Crippen LogP contribution in [0.3, 0.4) is 0 Å². The highest BCUT2D eigenvalue weighted by Gasteiger charge is 2.17. The van der Waals surface area contributed by atoms with Gasteiger partial charge in [-0.15, -0.1) is 11.3 Å². The molecule has 3 heteroatoms. The Morgan fingerprint density at radius 3 is 3.00 bits per heavy atom. The maximum Gasteiger partial charge on any atom is 0.0931 e.